The normalized spacial score (nSPS) is 27.1. The Labute approximate surface area is 114 Å². The molecule has 3 rings (SSSR count). The lowest BCUT2D eigenvalue weighted by Gasteiger charge is -2.25. The lowest BCUT2D eigenvalue weighted by molar-refractivity contribution is 0.416. The Morgan fingerprint density at radius 3 is 2.79 bits per heavy atom. The molecule has 1 unspecified atom stereocenters. The average Bonchev–Trinajstić information content (AvgIpc) is 2.77. The molecule has 2 aliphatic heterocycles. The van der Waals surface area contributed by atoms with Crippen LogP contribution in [0, 0.1) is 5.92 Å². The number of aromatic nitrogens is 2. The van der Waals surface area contributed by atoms with Crippen molar-refractivity contribution in [1.29, 1.82) is 0 Å². The van der Waals surface area contributed by atoms with Crippen LogP contribution in [0.1, 0.15) is 43.2 Å². The summed E-state index contributed by atoms with van der Waals surface area (Å²) in [5, 5.41) is 0. The summed E-state index contributed by atoms with van der Waals surface area (Å²) in [6, 6.07) is 0.113. The van der Waals surface area contributed by atoms with Gasteiger partial charge in [0.1, 0.15) is 15.7 Å². The van der Waals surface area contributed by atoms with Crippen LogP contribution in [0.3, 0.4) is 0 Å². The molecule has 0 saturated carbocycles. The van der Waals surface area contributed by atoms with Crippen LogP contribution in [-0.4, -0.2) is 29.5 Å². The van der Waals surface area contributed by atoms with Gasteiger partial charge in [0.15, 0.2) is 0 Å². The number of hydrogen-bond acceptors (Lipinski definition) is 4. The second kappa shape index (κ2) is 4.90. The van der Waals surface area contributed by atoms with Crippen molar-refractivity contribution in [2.45, 2.75) is 44.7 Å². The molecule has 0 radical (unpaired) electrons. The Bertz CT molecular complexity index is 550. The summed E-state index contributed by atoms with van der Waals surface area (Å²) in [4.78, 5) is 4.51. The molecule has 2 aliphatic rings. The van der Waals surface area contributed by atoms with Crippen LogP contribution in [0.5, 0.6) is 0 Å². The summed E-state index contributed by atoms with van der Waals surface area (Å²) in [5.41, 5.74) is 7.23. The Morgan fingerprint density at radius 2 is 2.05 bits per heavy atom. The van der Waals surface area contributed by atoms with Gasteiger partial charge in [-0.3, -0.25) is 0 Å². The van der Waals surface area contributed by atoms with Crippen molar-refractivity contribution in [1.82, 2.24) is 9.55 Å². The van der Waals surface area contributed by atoms with Gasteiger partial charge in [0.2, 0.25) is 0 Å². The van der Waals surface area contributed by atoms with E-state index in [9.17, 15) is 8.42 Å². The van der Waals surface area contributed by atoms with Crippen molar-refractivity contribution in [2.24, 2.45) is 11.7 Å². The molecule has 0 amide bonds. The van der Waals surface area contributed by atoms with Gasteiger partial charge in [0, 0.05) is 19.0 Å². The number of fused-ring (bicyclic) bond motifs is 1. The summed E-state index contributed by atoms with van der Waals surface area (Å²) in [5.74, 6) is 2.22. The van der Waals surface area contributed by atoms with Crippen molar-refractivity contribution >= 4 is 9.84 Å². The predicted octanol–water partition coefficient (Wildman–Crippen LogP) is 1.04. The fraction of sp³-hybridized carbons (Fsp3) is 0.769. The van der Waals surface area contributed by atoms with Gasteiger partial charge >= 0.3 is 0 Å². The SMILES string of the molecule is NC1CCCn2c1cnc2CC1CCS(=O)(=O)CC1. The molecule has 3 heterocycles. The van der Waals surface area contributed by atoms with Crippen molar-refractivity contribution in [2.75, 3.05) is 11.5 Å². The van der Waals surface area contributed by atoms with Gasteiger partial charge in [0.25, 0.3) is 0 Å². The van der Waals surface area contributed by atoms with Crippen LogP contribution in [0.15, 0.2) is 6.20 Å². The lowest BCUT2D eigenvalue weighted by atomic mass is 9.98. The van der Waals surface area contributed by atoms with E-state index < -0.39 is 9.84 Å². The van der Waals surface area contributed by atoms with E-state index in [1.165, 1.54) is 0 Å². The Kier molecular flexibility index (Phi) is 3.39. The minimum atomic E-state index is -2.77. The fourth-order valence-corrected chi connectivity index (χ4v) is 4.75. The summed E-state index contributed by atoms with van der Waals surface area (Å²) in [6.07, 6.45) is 6.48. The first-order valence-electron chi connectivity index (χ1n) is 7.05. The molecular formula is C13H21N3O2S. The number of rotatable bonds is 2. The molecular weight excluding hydrogens is 262 g/mol. The highest BCUT2D eigenvalue weighted by Crippen LogP contribution is 2.27. The maximum absolute atomic E-state index is 11.4. The van der Waals surface area contributed by atoms with Crippen LogP contribution in [0.4, 0.5) is 0 Å². The third-order valence-corrected chi connectivity index (χ3v) is 6.11. The summed E-state index contributed by atoms with van der Waals surface area (Å²) in [6.45, 7) is 1.00. The minimum absolute atomic E-state index is 0.113. The third kappa shape index (κ3) is 2.69. The monoisotopic (exact) mass is 283 g/mol. The van der Waals surface area contributed by atoms with E-state index >= 15 is 0 Å². The second-order valence-corrected chi connectivity index (χ2v) is 8.10. The Morgan fingerprint density at radius 1 is 1.32 bits per heavy atom. The number of sulfone groups is 1. The van der Waals surface area contributed by atoms with E-state index in [2.05, 4.69) is 9.55 Å². The Hall–Kier alpha value is -0.880. The molecule has 0 aliphatic carbocycles. The molecule has 1 fully saturated rings. The zero-order valence-electron chi connectivity index (χ0n) is 11.1. The van der Waals surface area contributed by atoms with Gasteiger partial charge in [-0.25, -0.2) is 13.4 Å². The van der Waals surface area contributed by atoms with E-state index in [0.29, 0.717) is 17.4 Å². The first-order valence-corrected chi connectivity index (χ1v) is 8.87. The highest BCUT2D eigenvalue weighted by Gasteiger charge is 2.26. The molecule has 0 bridgehead atoms. The maximum atomic E-state index is 11.4. The van der Waals surface area contributed by atoms with E-state index in [0.717, 1.165) is 50.2 Å². The van der Waals surface area contributed by atoms with Crippen LogP contribution >= 0.6 is 0 Å². The first-order chi connectivity index (χ1) is 9.05. The van der Waals surface area contributed by atoms with Crippen molar-refractivity contribution in [3.63, 3.8) is 0 Å². The van der Waals surface area contributed by atoms with Crippen LogP contribution in [0.2, 0.25) is 0 Å². The summed E-state index contributed by atoms with van der Waals surface area (Å²) < 4.78 is 25.1. The smallest absolute Gasteiger partial charge is 0.150 e. The standard InChI is InChI=1S/C13H21N3O2S/c14-11-2-1-5-16-12(11)9-15-13(16)8-10-3-6-19(17,18)7-4-10/h9-11H,1-8,14H2. The highest BCUT2D eigenvalue weighted by molar-refractivity contribution is 7.91. The number of nitrogens with zero attached hydrogens (tertiary/aromatic N) is 2. The number of imidazole rings is 1. The molecule has 2 N–H and O–H groups in total. The van der Waals surface area contributed by atoms with Crippen molar-refractivity contribution in [3.05, 3.63) is 17.7 Å². The van der Waals surface area contributed by atoms with Crippen molar-refractivity contribution < 1.29 is 8.42 Å². The van der Waals surface area contributed by atoms with Crippen molar-refractivity contribution in [3.8, 4) is 0 Å². The molecule has 1 aromatic heterocycles. The topological polar surface area (TPSA) is 78.0 Å². The first kappa shape index (κ1) is 13.1. The predicted molar refractivity (Wildman–Crippen MR) is 73.5 cm³/mol. The third-order valence-electron chi connectivity index (χ3n) is 4.39. The van der Waals surface area contributed by atoms with E-state index in [4.69, 9.17) is 5.73 Å². The molecule has 19 heavy (non-hydrogen) atoms. The molecule has 1 saturated heterocycles. The molecule has 1 aromatic rings. The van der Waals surface area contributed by atoms with Gasteiger partial charge in [-0.2, -0.15) is 0 Å². The minimum Gasteiger partial charge on any atom is -0.331 e. The van der Waals surface area contributed by atoms with Crippen LogP contribution < -0.4 is 5.73 Å². The number of hydrogen-bond donors (Lipinski definition) is 1. The van der Waals surface area contributed by atoms with Crippen LogP contribution in [-0.2, 0) is 22.8 Å². The maximum Gasteiger partial charge on any atom is 0.150 e. The summed E-state index contributed by atoms with van der Waals surface area (Å²) >= 11 is 0. The van der Waals surface area contributed by atoms with Gasteiger partial charge in [-0.1, -0.05) is 0 Å². The van der Waals surface area contributed by atoms with Crippen LogP contribution in [0.25, 0.3) is 0 Å². The average molecular weight is 283 g/mol. The van der Waals surface area contributed by atoms with E-state index in [1.54, 1.807) is 0 Å². The lowest BCUT2D eigenvalue weighted by Crippen LogP contribution is -2.26. The molecule has 6 heteroatoms. The zero-order chi connectivity index (χ0) is 13.5. The largest absolute Gasteiger partial charge is 0.331 e. The number of nitrogens with two attached hydrogens (primary N) is 1. The van der Waals surface area contributed by atoms with Gasteiger partial charge in [0.05, 0.1) is 23.4 Å². The van der Waals surface area contributed by atoms with Gasteiger partial charge < -0.3 is 10.3 Å². The molecule has 5 nitrogen and oxygen atoms in total. The highest BCUT2D eigenvalue weighted by atomic mass is 32.2. The van der Waals surface area contributed by atoms with E-state index in [1.807, 2.05) is 6.20 Å². The van der Waals surface area contributed by atoms with Gasteiger partial charge in [-0.05, 0) is 31.6 Å². The Balaban J connectivity index is 1.71. The van der Waals surface area contributed by atoms with Gasteiger partial charge in [-0.15, -0.1) is 0 Å². The molecule has 0 spiro atoms. The molecule has 106 valence electrons. The molecule has 1 atom stereocenters. The quantitative estimate of drug-likeness (QED) is 0.880. The van der Waals surface area contributed by atoms with E-state index in [-0.39, 0.29) is 6.04 Å². The fourth-order valence-electron chi connectivity index (χ4n) is 3.16. The second-order valence-electron chi connectivity index (χ2n) is 5.80. The summed E-state index contributed by atoms with van der Waals surface area (Å²) in [7, 11) is -2.77. The molecule has 0 aromatic carbocycles. The zero-order valence-corrected chi connectivity index (χ0v) is 11.9.